The van der Waals surface area contributed by atoms with Gasteiger partial charge in [-0.1, -0.05) is 55.1 Å². The Morgan fingerprint density at radius 3 is 2.50 bits per heavy atom. The third-order valence-electron chi connectivity index (χ3n) is 2.36. The van der Waals surface area contributed by atoms with Crippen LogP contribution in [-0.4, -0.2) is 16.3 Å². The highest BCUT2D eigenvalue weighted by Crippen LogP contribution is 2.19. The molecule has 0 fully saturated rings. The van der Waals surface area contributed by atoms with Gasteiger partial charge < -0.3 is 10.2 Å². The summed E-state index contributed by atoms with van der Waals surface area (Å²) in [5, 5.41) is 19.5. The van der Waals surface area contributed by atoms with Gasteiger partial charge in [0.2, 0.25) is 0 Å². The molecule has 2 N–H and O–H groups in total. The van der Waals surface area contributed by atoms with Crippen molar-refractivity contribution in [3.8, 4) is 0 Å². The molecule has 0 spiro atoms. The average molecular weight is 218 g/mol. The number of rotatable bonds is 6. The summed E-state index contributed by atoms with van der Waals surface area (Å²) in [7, 11) is 0. The van der Waals surface area contributed by atoms with Crippen molar-refractivity contribution in [2.45, 2.75) is 25.0 Å². The fourth-order valence-electron chi connectivity index (χ4n) is 1.50. The van der Waals surface area contributed by atoms with Crippen molar-refractivity contribution in [2.75, 3.05) is 0 Å². The SMILES string of the molecule is C=C/C=C/C[C@@H](O)C[C@H](O)c1ccccc1. The summed E-state index contributed by atoms with van der Waals surface area (Å²) in [5.41, 5.74) is 0.842. The van der Waals surface area contributed by atoms with Crippen LogP contribution in [0.4, 0.5) is 0 Å². The fourth-order valence-corrected chi connectivity index (χ4v) is 1.50. The van der Waals surface area contributed by atoms with E-state index in [1.807, 2.05) is 36.4 Å². The Morgan fingerprint density at radius 2 is 1.88 bits per heavy atom. The molecule has 2 heteroatoms. The lowest BCUT2D eigenvalue weighted by atomic mass is 10.0. The molecule has 0 saturated heterocycles. The molecule has 0 radical (unpaired) electrons. The van der Waals surface area contributed by atoms with Crippen molar-refractivity contribution in [3.63, 3.8) is 0 Å². The molecule has 0 aromatic heterocycles. The first-order valence-corrected chi connectivity index (χ1v) is 5.42. The minimum atomic E-state index is -0.603. The molecule has 0 aliphatic carbocycles. The van der Waals surface area contributed by atoms with E-state index in [0.717, 1.165) is 5.56 Å². The lowest BCUT2D eigenvalue weighted by Gasteiger charge is -2.14. The number of benzene rings is 1. The van der Waals surface area contributed by atoms with Crippen molar-refractivity contribution in [1.29, 1.82) is 0 Å². The standard InChI is InChI=1S/C14H18O2/c1-2-3-5-10-13(15)11-14(16)12-8-6-4-7-9-12/h2-9,13-16H,1,10-11H2/b5-3+/t13-,14+/m1/s1. The highest BCUT2D eigenvalue weighted by molar-refractivity contribution is 5.17. The van der Waals surface area contributed by atoms with Crippen LogP contribution in [0, 0.1) is 0 Å². The summed E-state index contributed by atoms with van der Waals surface area (Å²) in [4.78, 5) is 0. The molecule has 0 saturated carbocycles. The van der Waals surface area contributed by atoms with Gasteiger partial charge in [-0.15, -0.1) is 0 Å². The molecule has 2 nitrogen and oxygen atoms in total. The second-order valence-electron chi connectivity index (χ2n) is 3.72. The zero-order chi connectivity index (χ0) is 11.8. The monoisotopic (exact) mass is 218 g/mol. The van der Waals surface area contributed by atoms with E-state index in [9.17, 15) is 10.2 Å². The first kappa shape index (κ1) is 12.7. The number of aliphatic hydroxyl groups is 2. The van der Waals surface area contributed by atoms with Crippen LogP contribution in [0.2, 0.25) is 0 Å². The van der Waals surface area contributed by atoms with Crippen LogP contribution in [0.1, 0.15) is 24.5 Å². The van der Waals surface area contributed by atoms with Crippen LogP contribution in [0.15, 0.2) is 55.1 Å². The van der Waals surface area contributed by atoms with Gasteiger partial charge in [0.1, 0.15) is 0 Å². The molecule has 2 atom stereocenters. The number of allylic oxidation sites excluding steroid dienone is 2. The summed E-state index contributed by atoms with van der Waals surface area (Å²) in [5.74, 6) is 0. The second kappa shape index (κ2) is 6.99. The Morgan fingerprint density at radius 1 is 1.19 bits per heavy atom. The van der Waals surface area contributed by atoms with Crippen LogP contribution in [0.25, 0.3) is 0 Å². The molecule has 1 aromatic rings. The van der Waals surface area contributed by atoms with Gasteiger partial charge in [-0.05, 0) is 12.0 Å². The Balaban J connectivity index is 2.42. The van der Waals surface area contributed by atoms with E-state index in [-0.39, 0.29) is 0 Å². The molecule has 0 unspecified atom stereocenters. The van der Waals surface area contributed by atoms with Gasteiger partial charge in [0, 0.05) is 6.42 Å². The molecule has 0 aliphatic rings. The number of aliphatic hydroxyl groups excluding tert-OH is 2. The predicted octanol–water partition coefficient (Wildman–Crippen LogP) is 2.60. The number of hydrogen-bond acceptors (Lipinski definition) is 2. The Hall–Kier alpha value is -1.38. The summed E-state index contributed by atoms with van der Waals surface area (Å²) in [6.07, 6.45) is 5.06. The van der Waals surface area contributed by atoms with Gasteiger partial charge in [-0.3, -0.25) is 0 Å². The summed E-state index contributed by atoms with van der Waals surface area (Å²) in [6.45, 7) is 3.55. The molecule has 1 aromatic carbocycles. The molecule has 0 heterocycles. The van der Waals surface area contributed by atoms with Gasteiger partial charge in [-0.25, -0.2) is 0 Å². The zero-order valence-electron chi connectivity index (χ0n) is 9.29. The first-order chi connectivity index (χ1) is 7.74. The smallest absolute Gasteiger partial charge is 0.0814 e. The minimum absolute atomic E-state index is 0.353. The largest absolute Gasteiger partial charge is 0.393 e. The Labute approximate surface area is 96.6 Å². The molecule has 0 bridgehead atoms. The Bertz CT molecular complexity index is 330. The van der Waals surface area contributed by atoms with E-state index in [4.69, 9.17) is 0 Å². The van der Waals surface area contributed by atoms with Crippen molar-refractivity contribution in [3.05, 3.63) is 60.7 Å². The van der Waals surface area contributed by atoms with E-state index < -0.39 is 12.2 Å². The highest BCUT2D eigenvalue weighted by Gasteiger charge is 2.12. The quantitative estimate of drug-likeness (QED) is 0.720. The maximum atomic E-state index is 9.84. The molecular weight excluding hydrogens is 200 g/mol. The zero-order valence-corrected chi connectivity index (χ0v) is 9.29. The van der Waals surface area contributed by atoms with E-state index in [2.05, 4.69) is 6.58 Å². The summed E-state index contributed by atoms with van der Waals surface area (Å²) < 4.78 is 0. The minimum Gasteiger partial charge on any atom is -0.393 e. The maximum absolute atomic E-state index is 9.84. The van der Waals surface area contributed by atoms with Gasteiger partial charge >= 0.3 is 0 Å². The van der Waals surface area contributed by atoms with Gasteiger partial charge in [0.15, 0.2) is 0 Å². The van der Waals surface area contributed by atoms with Gasteiger partial charge in [0.25, 0.3) is 0 Å². The van der Waals surface area contributed by atoms with Crippen molar-refractivity contribution < 1.29 is 10.2 Å². The second-order valence-corrected chi connectivity index (χ2v) is 3.72. The average Bonchev–Trinajstić information content (AvgIpc) is 2.30. The molecule has 86 valence electrons. The molecular formula is C14H18O2. The third kappa shape index (κ3) is 4.43. The summed E-state index contributed by atoms with van der Waals surface area (Å²) in [6, 6.07) is 9.37. The predicted molar refractivity (Wildman–Crippen MR) is 66.0 cm³/mol. The van der Waals surface area contributed by atoms with E-state index in [1.54, 1.807) is 12.2 Å². The van der Waals surface area contributed by atoms with Crippen LogP contribution in [0.5, 0.6) is 0 Å². The van der Waals surface area contributed by atoms with Crippen molar-refractivity contribution in [2.24, 2.45) is 0 Å². The van der Waals surface area contributed by atoms with Crippen molar-refractivity contribution in [1.82, 2.24) is 0 Å². The van der Waals surface area contributed by atoms with E-state index in [1.165, 1.54) is 0 Å². The van der Waals surface area contributed by atoms with Crippen molar-refractivity contribution >= 4 is 0 Å². The lowest BCUT2D eigenvalue weighted by molar-refractivity contribution is 0.0822. The third-order valence-corrected chi connectivity index (χ3v) is 2.36. The van der Waals surface area contributed by atoms with E-state index >= 15 is 0 Å². The lowest BCUT2D eigenvalue weighted by Crippen LogP contribution is -2.11. The topological polar surface area (TPSA) is 40.5 Å². The van der Waals surface area contributed by atoms with Crippen LogP contribution in [-0.2, 0) is 0 Å². The van der Waals surface area contributed by atoms with E-state index in [0.29, 0.717) is 12.8 Å². The first-order valence-electron chi connectivity index (χ1n) is 5.42. The van der Waals surface area contributed by atoms with Crippen LogP contribution >= 0.6 is 0 Å². The maximum Gasteiger partial charge on any atom is 0.0814 e. The van der Waals surface area contributed by atoms with Crippen LogP contribution < -0.4 is 0 Å². The highest BCUT2D eigenvalue weighted by atomic mass is 16.3. The van der Waals surface area contributed by atoms with Crippen LogP contribution in [0.3, 0.4) is 0 Å². The molecule has 0 amide bonds. The Kier molecular flexibility index (Phi) is 5.54. The molecule has 16 heavy (non-hydrogen) atoms. The molecule has 1 rings (SSSR count). The van der Waals surface area contributed by atoms with Gasteiger partial charge in [0.05, 0.1) is 12.2 Å². The van der Waals surface area contributed by atoms with Gasteiger partial charge in [-0.2, -0.15) is 0 Å². The number of hydrogen-bond donors (Lipinski definition) is 2. The fraction of sp³-hybridized carbons (Fsp3) is 0.286. The normalized spacial score (nSPS) is 14.9. The molecule has 0 aliphatic heterocycles. The summed E-state index contributed by atoms with van der Waals surface area (Å²) >= 11 is 0.